The Morgan fingerprint density at radius 1 is 0.469 bits per heavy atom. The number of anilines is 3. The summed E-state index contributed by atoms with van der Waals surface area (Å²) in [6.45, 7) is 0. The van der Waals surface area contributed by atoms with Crippen molar-refractivity contribution < 1.29 is 27.6 Å². The zero-order chi connectivity index (χ0) is 55.2. The average molecular weight is 1070 g/mol. The SMILES string of the molecule is NC1CCC(C(=O)Nc2ccc3cncc(-c4cc5ccccc5o4)c3c2)CC1.Nc1ccc2cncc(-c3cc4ccccc4o3)c2c1.O=C[B]NC1CCC(C(=O)Nc2ccc3cncc(-c4cc5ccccc5o4)c3c2)CC1. The lowest BCUT2D eigenvalue weighted by Crippen LogP contribution is -2.38. The highest BCUT2D eigenvalue weighted by Gasteiger charge is 2.27. The second kappa shape index (κ2) is 23.5. The van der Waals surface area contributed by atoms with Crippen molar-refractivity contribution in [3.8, 4) is 34.0 Å². The van der Waals surface area contributed by atoms with Crippen molar-refractivity contribution in [2.45, 2.75) is 63.5 Å². The summed E-state index contributed by atoms with van der Waals surface area (Å²) in [6, 6.07) is 48.0. The number of pyridine rings is 3. The third-order valence-electron chi connectivity index (χ3n) is 15.6. The molecule has 0 bridgehead atoms. The fourth-order valence-corrected chi connectivity index (χ4v) is 11.2. The molecular formula is C66H58BN8O6. The molecule has 15 heteroatoms. The Kier molecular flexibility index (Phi) is 15.2. The lowest BCUT2D eigenvalue weighted by molar-refractivity contribution is -0.121. The van der Waals surface area contributed by atoms with Crippen molar-refractivity contribution in [3.63, 3.8) is 0 Å². The van der Waals surface area contributed by atoms with E-state index in [1.54, 1.807) is 6.20 Å². The van der Waals surface area contributed by atoms with Crippen molar-refractivity contribution in [2.24, 2.45) is 17.6 Å². The number of nitrogens with zero attached hydrogens (tertiary/aromatic N) is 3. The molecule has 0 spiro atoms. The van der Waals surface area contributed by atoms with Gasteiger partial charge in [-0.3, -0.25) is 24.5 Å². The summed E-state index contributed by atoms with van der Waals surface area (Å²) in [5.74, 6) is 2.48. The molecule has 12 aromatic rings. The second-order valence-corrected chi connectivity index (χ2v) is 21.0. The summed E-state index contributed by atoms with van der Waals surface area (Å²) >= 11 is 0. The predicted molar refractivity (Wildman–Crippen MR) is 324 cm³/mol. The summed E-state index contributed by atoms with van der Waals surface area (Å²) in [6.07, 6.45) is 18.6. The maximum absolute atomic E-state index is 12.9. The largest absolute Gasteiger partial charge is 0.456 e. The van der Waals surface area contributed by atoms with E-state index < -0.39 is 0 Å². The minimum absolute atomic E-state index is 0.0211. The van der Waals surface area contributed by atoms with E-state index in [-0.39, 0.29) is 35.7 Å². The van der Waals surface area contributed by atoms with Crippen LogP contribution in [0, 0.1) is 11.8 Å². The van der Waals surface area contributed by atoms with E-state index >= 15 is 0 Å². The predicted octanol–water partition coefficient (Wildman–Crippen LogP) is 13.9. The number of rotatable bonds is 10. The van der Waals surface area contributed by atoms with Crippen LogP contribution in [-0.2, 0) is 14.4 Å². The van der Waals surface area contributed by atoms with Crippen LogP contribution in [-0.4, -0.2) is 52.4 Å². The van der Waals surface area contributed by atoms with Gasteiger partial charge in [-0.2, -0.15) is 0 Å². The van der Waals surface area contributed by atoms with E-state index in [2.05, 4.69) is 30.8 Å². The fraction of sp³-hybridized carbons (Fsp3) is 0.182. The molecule has 7 N–H and O–H groups in total. The number of amides is 2. The average Bonchev–Trinajstić information content (AvgIpc) is 4.28. The van der Waals surface area contributed by atoms with Gasteiger partial charge in [-0.05, 0) is 146 Å². The Balaban J connectivity index is 0.000000124. The molecule has 81 heavy (non-hydrogen) atoms. The van der Waals surface area contributed by atoms with Gasteiger partial charge in [-0.1, -0.05) is 72.8 Å². The summed E-state index contributed by atoms with van der Waals surface area (Å²) in [5.41, 5.74) is 19.5. The van der Waals surface area contributed by atoms with Gasteiger partial charge in [0.2, 0.25) is 11.8 Å². The Morgan fingerprint density at radius 2 is 0.864 bits per heavy atom. The Hall–Kier alpha value is -9.44. The molecule has 14 nitrogen and oxygen atoms in total. The summed E-state index contributed by atoms with van der Waals surface area (Å²) in [7, 11) is 1.44. The molecule has 0 atom stereocenters. The minimum atomic E-state index is -0.0211. The van der Waals surface area contributed by atoms with Crippen molar-refractivity contribution in [2.75, 3.05) is 16.4 Å². The first-order valence-electron chi connectivity index (χ1n) is 27.5. The van der Waals surface area contributed by atoms with E-state index in [0.29, 0.717) is 0 Å². The number of hydrogen-bond donors (Lipinski definition) is 5. The third-order valence-corrected chi connectivity index (χ3v) is 15.6. The molecule has 14 rings (SSSR count). The zero-order valence-electron chi connectivity index (χ0n) is 44.4. The van der Waals surface area contributed by atoms with Crippen LogP contribution in [0.2, 0.25) is 0 Å². The van der Waals surface area contributed by atoms with E-state index in [1.165, 1.54) is 7.41 Å². The molecule has 6 aromatic carbocycles. The maximum atomic E-state index is 12.9. The number of carbonyl (C=O) groups excluding carboxylic acids is 3. The Bertz CT molecular complexity index is 4150. The first-order chi connectivity index (χ1) is 39.7. The third kappa shape index (κ3) is 11.7. The van der Waals surface area contributed by atoms with Crippen molar-refractivity contribution in [3.05, 3.63) is 183 Å². The number of para-hydroxylation sites is 3. The highest BCUT2D eigenvalue weighted by atomic mass is 16.3. The number of fused-ring (bicyclic) bond motifs is 6. The first-order valence-corrected chi connectivity index (χ1v) is 27.5. The number of nitrogens with one attached hydrogen (secondary N) is 3. The summed E-state index contributed by atoms with van der Waals surface area (Å²) in [5, 5.41) is 18.5. The van der Waals surface area contributed by atoms with Crippen molar-refractivity contribution in [1.82, 2.24) is 20.2 Å². The van der Waals surface area contributed by atoms with Gasteiger partial charge in [-0.25, -0.2) is 0 Å². The smallest absolute Gasteiger partial charge is 0.290 e. The van der Waals surface area contributed by atoms with E-state index in [1.807, 2.05) is 177 Å². The quantitative estimate of drug-likeness (QED) is 0.0491. The number of benzene rings is 6. The maximum Gasteiger partial charge on any atom is 0.290 e. The molecule has 2 saturated carbocycles. The van der Waals surface area contributed by atoms with Gasteiger partial charge in [0.1, 0.15) is 34.0 Å². The van der Waals surface area contributed by atoms with Gasteiger partial charge >= 0.3 is 0 Å². The highest BCUT2D eigenvalue weighted by molar-refractivity contribution is 6.64. The monoisotopic (exact) mass is 1070 g/mol. The Morgan fingerprint density at radius 3 is 1.28 bits per heavy atom. The number of furan rings is 3. The molecule has 1 radical (unpaired) electrons. The molecule has 2 aliphatic carbocycles. The van der Waals surface area contributed by atoms with Crippen LogP contribution in [0.1, 0.15) is 51.4 Å². The molecule has 401 valence electrons. The van der Waals surface area contributed by atoms with Crippen LogP contribution in [0.4, 0.5) is 17.1 Å². The molecule has 6 aromatic heterocycles. The Labute approximate surface area is 467 Å². The van der Waals surface area contributed by atoms with Crippen molar-refractivity contribution in [1.29, 1.82) is 0 Å². The number of carbonyl (C=O) groups is 3. The van der Waals surface area contributed by atoms with E-state index in [9.17, 15) is 14.4 Å². The normalized spacial score (nSPS) is 17.0. The lowest BCUT2D eigenvalue weighted by atomic mass is 9.83. The summed E-state index contributed by atoms with van der Waals surface area (Å²) in [4.78, 5) is 49.1. The van der Waals surface area contributed by atoms with Crippen LogP contribution in [0.5, 0.6) is 0 Å². The van der Waals surface area contributed by atoms with Crippen LogP contribution in [0.15, 0.2) is 196 Å². The molecular weight excluding hydrogens is 1010 g/mol. The summed E-state index contributed by atoms with van der Waals surface area (Å²) < 4.78 is 18.0. The number of aromatic nitrogens is 3. The zero-order valence-corrected chi connectivity index (χ0v) is 44.4. The van der Waals surface area contributed by atoms with Crippen LogP contribution < -0.4 is 27.3 Å². The van der Waals surface area contributed by atoms with Gasteiger partial charge in [0, 0.05) is 121 Å². The molecule has 2 fully saturated rings. The number of nitrogen functional groups attached to an aromatic ring is 1. The minimum Gasteiger partial charge on any atom is -0.456 e. The van der Waals surface area contributed by atoms with Crippen molar-refractivity contribution >= 4 is 108 Å². The fourth-order valence-electron chi connectivity index (χ4n) is 11.2. The van der Waals surface area contributed by atoms with Crippen LogP contribution in [0.25, 0.3) is 99.2 Å². The van der Waals surface area contributed by atoms with Gasteiger partial charge in [-0.15, -0.1) is 0 Å². The lowest BCUT2D eigenvalue weighted by Gasteiger charge is -2.28. The molecule has 0 unspecified atom stereocenters. The molecule has 0 aliphatic heterocycles. The molecule has 0 saturated heterocycles. The second-order valence-electron chi connectivity index (χ2n) is 21.0. The topological polar surface area (TPSA) is 217 Å². The first kappa shape index (κ1) is 52.3. The number of nitrogens with two attached hydrogens (primary N) is 2. The molecule has 6 heterocycles. The number of hydrogen-bond acceptors (Lipinski definition) is 12. The van der Waals surface area contributed by atoms with Gasteiger partial charge in [0.05, 0.1) is 6.19 Å². The van der Waals surface area contributed by atoms with Gasteiger partial charge in [0.25, 0.3) is 7.41 Å². The van der Waals surface area contributed by atoms with E-state index in [4.69, 9.17) is 24.7 Å². The van der Waals surface area contributed by atoms with E-state index in [0.717, 1.165) is 174 Å². The van der Waals surface area contributed by atoms with Gasteiger partial charge in [0.15, 0.2) is 0 Å². The molecule has 2 aliphatic rings. The van der Waals surface area contributed by atoms with Crippen LogP contribution >= 0.6 is 0 Å². The standard InChI is InChI=1S/C25H23BN3O3.C24H23N3O2.C17H12N2O/c30-15-26-29-19-8-5-16(6-9-19)25(31)28-20-10-7-18-13-27-14-22(21(18)12-20)24-11-17-3-1-2-4-23(17)32-24;25-18-8-5-15(6-9-18)24(28)27-19-10-7-17-13-26-14-21(20(17)12-19)23-11-16-3-1-2-4-22(16)29-23;18-13-6-5-12-9-19-10-15(14(12)8-13)17-7-11-3-1-2-4-16(11)20-17/h1-4,7,10-16,19,29H,5-6,8-9H2,(H,28,31);1-4,7,10-15,18H,5-6,8-9,25H2,(H,27,28);1-10H,18H2. The van der Waals surface area contributed by atoms with Crippen LogP contribution in [0.3, 0.4) is 0 Å². The highest BCUT2D eigenvalue weighted by Crippen LogP contribution is 2.37. The molecule has 2 amide bonds. The van der Waals surface area contributed by atoms with Gasteiger partial charge < -0.3 is 45.4 Å².